The van der Waals surface area contributed by atoms with Crippen molar-refractivity contribution in [3.8, 4) is 0 Å². The van der Waals surface area contributed by atoms with E-state index in [4.69, 9.17) is 0 Å². The standard InChI is InChI=1S/C15H23NO/c1-11(2)12-4-6-13(7-5-12)15-9-16(3)8-14(15)10-17/h4-7,11,14-15,17H,8-10H2,1-3H3/t14-,15-/m1/s1. The monoisotopic (exact) mass is 233 g/mol. The Morgan fingerprint density at radius 3 is 2.41 bits per heavy atom. The van der Waals surface area contributed by atoms with Crippen molar-refractivity contribution in [2.45, 2.75) is 25.7 Å². The summed E-state index contributed by atoms with van der Waals surface area (Å²) < 4.78 is 0. The minimum absolute atomic E-state index is 0.293. The van der Waals surface area contributed by atoms with E-state index >= 15 is 0 Å². The Labute approximate surface area is 104 Å². The van der Waals surface area contributed by atoms with Crippen molar-refractivity contribution < 1.29 is 5.11 Å². The van der Waals surface area contributed by atoms with Gasteiger partial charge in [0, 0.05) is 31.5 Å². The Kier molecular flexibility index (Phi) is 3.85. The molecule has 2 rings (SSSR count). The molecule has 1 aromatic rings. The van der Waals surface area contributed by atoms with Crippen molar-refractivity contribution in [3.05, 3.63) is 35.4 Å². The van der Waals surface area contributed by atoms with Crippen LogP contribution in [0.3, 0.4) is 0 Å². The minimum Gasteiger partial charge on any atom is -0.396 e. The highest BCUT2D eigenvalue weighted by molar-refractivity contribution is 5.28. The maximum absolute atomic E-state index is 9.43. The van der Waals surface area contributed by atoms with E-state index in [0.717, 1.165) is 13.1 Å². The molecule has 2 atom stereocenters. The first kappa shape index (κ1) is 12.6. The van der Waals surface area contributed by atoms with Gasteiger partial charge in [-0.3, -0.25) is 0 Å². The number of nitrogens with zero attached hydrogens (tertiary/aromatic N) is 1. The molecule has 0 amide bonds. The Bertz CT molecular complexity index is 358. The summed E-state index contributed by atoms with van der Waals surface area (Å²) in [6, 6.07) is 8.93. The predicted molar refractivity (Wildman–Crippen MR) is 71.3 cm³/mol. The van der Waals surface area contributed by atoms with Gasteiger partial charge < -0.3 is 10.0 Å². The lowest BCUT2D eigenvalue weighted by molar-refractivity contribution is 0.219. The second-order valence-corrected chi connectivity index (χ2v) is 5.59. The number of likely N-dealkylation sites (N-methyl/N-ethyl adjacent to an activating group) is 1. The molecule has 1 aliphatic heterocycles. The van der Waals surface area contributed by atoms with Gasteiger partial charge in [0.05, 0.1) is 0 Å². The van der Waals surface area contributed by atoms with Crippen LogP contribution < -0.4 is 0 Å². The van der Waals surface area contributed by atoms with Crippen molar-refractivity contribution in [1.29, 1.82) is 0 Å². The molecule has 1 heterocycles. The van der Waals surface area contributed by atoms with Crippen LogP contribution in [-0.4, -0.2) is 36.8 Å². The Morgan fingerprint density at radius 2 is 1.88 bits per heavy atom. The molecule has 1 saturated heterocycles. The molecule has 1 aliphatic rings. The second-order valence-electron chi connectivity index (χ2n) is 5.59. The highest BCUT2D eigenvalue weighted by atomic mass is 16.3. The summed E-state index contributed by atoms with van der Waals surface area (Å²) in [6.45, 7) is 6.80. The van der Waals surface area contributed by atoms with Crippen LogP contribution in [0.15, 0.2) is 24.3 Å². The van der Waals surface area contributed by atoms with Gasteiger partial charge in [-0.2, -0.15) is 0 Å². The molecule has 1 aromatic carbocycles. The number of hydrogen-bond acceptors (Lipinski definition) is 2. The first-order valence-electron chi connectivity index (χ1n) is 6.51. The van der Waals surface area contributed by atoms with Gasteiger partial charge in [-0.1, -0.05) is 38.1 Å². The van der Waals surface area contributed by atoms with E-state index in [9.17, 15) is 5.11 Å². The lowest BCUT2D eigenvalue weighted by Gasteiger charge is -2.17. The van der Waals surface area contributed by atoms with Gasteiger partial charge in [0.15, 0.2) is 0 Å². The molecule has 1 fully saturated rings. The summed E-state index contributed by atoms with van der Waals surface area (Å²) in [4.78, 5) is 2.31. The van der Waals surface area contributed by atoms with Crippen LogP contribution >= 0.6 is 0 Å². The molecule has 1 N–H and O–H groups in total. The van der Waals surface area contributed by atoms with Crippen molar-refractivity contribution in [2.75, 3.05) is 26.7 Å². The van der Waals surface area contributed by atoms with E-state index in [1.807, 2.05) is 0 Å². The number of aliphatic hydroxyl groups is 1. The smallest absolute Gasteiger partial charge is 0.0477 e. The van der Waals surface area contributed by atoms with Crippen LogP contribution in [0.25, 0.3) is 0 Å². The maximum Gasteiger partial charge on any atom is 0.0477 e. The van der Waals surface area contributed by atoms with E-state index in [-0.39, 0.29) is 0 Å². The first-order valence-corrected chi connectivity index (χ1v) is 6.51. The van der Waals surface area contributed by atoms with Gasteiger partial charge in [-0.15, -0.1) is 0 Å². The number of rotatable bonds is 3. The molecule has 2 nitrogen and oxygen atoms in total. The summed E-state index contributed by atoms with van der Waals surface area (Å²) in [5.41, 5.74) is 2.76. The quantitative estimate of drug-likeness (QED) is 0.867. The molecular weight excluding hydrogens is 210 g/mol. The molecule has 94 valence electrons. The second kappa shape index (κ2) is 5.19. The normalized spacial score (nSPS) is 25.7. The minimum atomic E-state index is 0.293. The van der Waals surface area contributed by atoms with Crippen molar-refractivity contribution in [2.24, 2.45) is 5.92 Å². The van der Waals surface area contributed by atoms with Crippen molar-refractivity contribution in [3.63, 3.8) is 0 Å². The van der Waals surface area contributed by atoms with E-state index in [1.54, 1.807) is 0 Å². The fraction of sp³-hybridized carbons (Fsp3) is 0.600. The molecule has 0 unspecified atom stereocenters. The molecular formula is C15H23NO. The highest BCUT2D eigenvalue weighted by Crippen LogP contribution is 2.32. The average molecular weight is 233 g/mol. The van der Waals surface area contributed by atoms with Crippen molar-refractivity contribution in [1.82, 2.24) is 4.90 Å². The van der Waals surface area contributed by atoms with E-state index in [2.05, 4.69) is 50.1 Å². The summed E-state index contributed by atoms with van der Waals surface area (Å²) in [5.74, 6) is 1.47. The largest absolute Gasteiger partial charge is 0.396 e. The van der Waals surface area contributed by atoms with Crippen LogP contribution in [0, 0.1) is 5.92 Å². The molecule has 17 heavy (non-hydrogen) atoms. The summed E-state index contributed by atoms with van der Waals surface area (Å²) >= 11 is 0. The average Bonchev–Trinajstić information content (AvgIpc) is 2.70. The van der Waals surface area contributed by atoms with Gasteiger partial charge >= 0.3 is 0 Å². The van der Waals surface area contributed by atoms with Crippen LogP contribution in [0.1, 0.15) is 36.8 Å². The lowest BCUT2D eigenvalue weighted by atomic mass is 9.88. The maximum atomic E-state index is 9.43. The summed E-state index contributed by atoms with van der Waals surface area (Å²) in [7, 11) is 2.13. The van der Waals surface area contributed by atoms with Gasteiger partial charge in [0.1, 0.15) is 0 Å². The van der Waals surface area contributed by atoms with E-state index < -0.39 is 0 Å². The SMILES string of the molecule is CC(C)c1ccc([C@H]2CN(C)C[C@@H]2CO)cc1. The van der Waals surface area contributed by atoms with E-state index in [1.165, 1.54) is 11.1 Å². The molecule has 0 aliphatic carbocycles. The van der Waals surface area contributed by atoms with Crippen LogP contribution in [0.4, 0.5) is 0 Å². The number of benzene rings is 1. The fourth-order valence-corrected chi connectivity index (χ4v) is 2.78. The summed E-state index contributed by atoms with van der Waals surface area (Å²) in [6.07, 6.45) is 0. The van der Waals surface area contributed by atoms with Gasteiger partial charge in [-0.25, -0.2) is 0 Å². The third-order valence-corrected chi connectivity index (χ3v) is 3.89. The molecule has 2 heteroatoms. The van der Waals surface area contributed by atoms with Crippen LogP contribution in [-0.2, 0) is 0 Å². The summed E-state index contributed by atoms with van der Waals surface area (Å²) in [5, 5.41) is 9.43. The zero-order valence-electron chi connectivity index (χ0n) is 11.1. The van der Waals surface area contributed by atoms with Crippen LogP contribution in [0.5, 0.6) is 0 Å². The number of hydrogen-bond donors (Lipinski definition) is 1. The fourth-order valence-electron chi connectivity index (χ4n) is 2.78. The Hall–Kier alpha value is -0.860. The predicted octanol–water partition coefficient (Wildman–Crippen LogP) is 2.45. The molecule has 0 bridgehead atoms. The zero-order valence-corrected chi connectivity index (χ0v) is 11.1. The van der Waals surface area contributed by atoms with Crippen LogP contribution in [0.2, 0.25) is 0 Å². The third-order valence-electron chi connectivity index (χ3n) is 3.89. The number of likely N-dealkylation sites (tertiary alicyclic amines) is 1. The first-order chi connectivity index (χ1) is 8.11. The van der Waals surface area contributed by atoms with Gasteiger partial charge in [0.2, 0.25) is 0 Å². The zero-order chi connectivity index (χ0) is 12.4. The van der Waals surface area contributed by atoms with E-state index in [0.29, 0.717) is 24.4 Å². The van der Waals surface area contributed by atoms with Gasteiger partial charge in [-0.05, 0) is 24.1 Å². The Balaban J connectivity index is 2.16. The van der Waals surface area contributed by atoms with Crippen molar-refractivity contribution >= 4 is 0 Å². The molecule has 0 spiro atoms. The molecule has 0 aromatic heterocycles. The topological polar surface area (TPSA) is 23.5 Å². The highest BCUT2D eigenvalue weighted by Gasteiger charge is 2.31. The third kappa shape index (κ3) is 2.70. The lowest BCUT2D eigenvalue weighted by Crippen LogP contribution is -2.15. The molecule has 0 saturated carbocycles. The Morgan fingerprint density at radius 1 is 1.24 bits per heavy atom. The van der Waals surface area contributed by atoms with Gasteiger partial charge in [0.25, 0.3) is 0 Å². The number of aliphatic hydroxyl groups excluding tert-OH is 1. The molecule has 0 radical (unpaired) electrons.